The molecule has 0 aliphatic carbocycles. The molecule has 1 heterocycles. The van der Waals surface area contributed by atoms with Crippen LogP contribution in [0.5, 0.6) is 0 Å². The van der Waals surface area contributed by atoms with Crippen LogP contribution in [-0.4, -0.2) is 65.1 Å². The normalized spacial score (nSPS) is 15.0. The predicted molar refractivity (Wildman–Crippen MR) is 117 cm³/mol. The van der Waals surface area contributed by atoms with Crippen LogP contribution in [0, 0.1) is 6.92 Å². The van der Waals surface area contributed by atoms with Crippen molar-refractivity contribution < 1.29 is 17.9 Å². The van der Waals surface area contributed by atoms with Gasteiger partial charge in [0.1, 0.15) is 0 Å². The molecule has 1 fully saturated rings. The minimum atomic E-state index is -3.65. The average Bonchev–Trinajstić information content (AvgIpc) is 2.77. The van der Waals surface area contributed by atoms with E-state index in [2.05, 4.69) is 10.2 Å². The summed E-state index contributed by atoms with van der Waals surface area (Å²) in [6, 6.07) is 14.9. The van der Waals surface area contributed by atoms with Crippen molar-refractivity contribution >= 4 is 21.6 Å². The lowest BCUT2D eigenvalue weighted by molar-refractivity contribution is 0.0730. The zero-order chi connectivity index (χ0) is 21.6. The highest BCUT2D eigenvalue weighted by molar-refractivity contribution is 7.89. The Labute approximate surface area is 178 Å². The summed E-state index contributed by atoms with van der Waals surface area (Å²) >= 11 is 0. The van der Waals surface area contributed by atoms with E-state index in [1.54, 1.807) is 19.1 Å². The van der Waals surface area contributed by atoms with Crippen LogP contribution in [0.15, 0.2) is 53.4 Å². The zero-order valence-electron chi connectivity index (χ0n) is 17.5. The summed E-state index contributed by atoms with van der Waals surface area (Å²) in [6.07, 6.45) is 0.780. The molecule has 162 valence electrons. The highest BCUT2D eigenvalue weighted by Gasteiger charge is 2.28. The van der Waals surface area contributed by atoms with Crippen molar-refractivity contribution in [2.75, 3.05) is 51.3 Å². The van der Waals surface area contributed by atoms with E-state index in [9.17, 15) is 13.2 Å². The molecule has 0 spiro atoms. The first-order valence-corrected chi connectivity index (χ1v) is 11.6. The number of carbonyl (C=O) groups excluding carboxylic acids is 1. The van der Waals surface area contributed by atoms with Gasteiger partial charge in [-0.3, -0.25) is 4.79 Å². The molecule has 1 amide bonds. The molecule has 0 saturated carbocycles. The van der Waals surface area contributed by atoms with Gasteiger partial charge in [-0.25, -0.2) is 8.42 Å². The largest absolute Gasteiger partial charge is 0.379 e. The van der Waals surface area contributed by atoms with E-state index >= 15 is 0 Å². The van der Waals surface area contributed by atoms with Crippen molar-refractivity contribution in [2.45, 2.75) is 18.2 Å². The average molecular weight is 432 g/mol. The molecule has 30 heavy (non-hydrogen) atoms. The predicted octanol–water partition coefficient (Wildman–Crippen LogP) is 2.27. The lowest BCUT2D eigenvalue weighted by Crippen LogP contribution is -2.41. The summed E-state index contributed by atoms with van der Waals surface area (Å²) in [7, 11) is -1.64. The van der Waals surface area contributed by atoms with E-state index < -0.39 is 10.0 Å². The summed E-state index contributed by atoms with van der Waals surface area (Å²) in [5, 5.41) is 2.89. The van der Waals surface area contributed by atoms with E-state index in [0.29, 0.717) is 44.0 Å². The number of aryl methyl sites for hydroxylation is 1. The molecule has 7 nitrogen and oxygen atoms in total. The third-order valence-corrected chi connectivity index (χ3v) is 7.23. The van der Waals surface area contributed by atoms with Gasteiger partial charge in [0.2, 0.25) is 10.0 Å². The number of carbonyl (C=O) groups is 1. The van der Waals surface area contributed by atoms with Crippen LogP contribution in [0.2, 0.25) is 0 Å². The minimum absolute atomic E-state index is 0.181. The second-order valence-electron chi connectivity index (χ2n) is 7.36. The second kappa shape index (κ2) is 10.1. The molecule has 0 unspecified atom stereocenters. The molecule has 2 aromatic carbocycles. The van der Waals surface area contributed by atoms with Crippen LogP contribution in [-0.2, 0) is 14.8 Å². The number of nitrogens with zero attached hydrogens (tertiary/aromatic N) is 2. The smallest absolute Gasteiger partial charge is 0.251 e. The summed E-state index contributed by atoms with van der Waals surface area (Å²) in [5.74, 6) is -0.268. The molecule has 1 aliphatic rings. The van der Waals surface area contributed by atoms with Crippen molar-refractivity contribution in [2.24, 2.45) is 0 Å². The van der Waals surface area contributed by atoms with Gasteiger partial charge in [-0.2, -0.15) is 4.31 Å². The number of benzene rings is 2. The summed E-state index contributed by atoms with van der Waals surface area (Å²) in [6.45, 7) is 4.48. The van der Waals surface area contributed by atoms with Crippen LogP contribution in [0.1, 0.15) is 22.3 Å². The number of morpholine rings is 1. The second-order valence-corrected chi connectivity index (χ2v) is 9.27. The molecule has 1 N–H and O–H groups in total. The third kappa shape index (κ3) is 5.38. The first-order chi connectivity index (χ1) is 14.4. The Balaban J connectivity index is 1.59. The molecule has 8 heteroatoms. The number of amides is 1. The summed E-state index contributed by atoms with van der Waals surface area (Å²) in [5.41, 5.74) is 2.10. The molecule has 1 aliphatic heterocycles. The number of rotatable bonds is 8. The van der Waals surface area contributed by atoms with Crippen LogP contribution >= 0.6 is 0 Å². The fourth-order valence-corrected chi connectivity index (χ4v) is 5.04. The first kappa shape index (κ1) is 22.3. The Kier molecular flexibility index (Phi) is 7.47. The van der Waals surface area contributed by atoms with Crippen molar-refractivity contribution in [3.05, 3.63) is 59.7 Å². The number of hydrogen-bond donors (Lipinski definition) is 1. The van der Waals surface area contributed by atoms with Crippen LogP contribution in [0.4, 0.5) is 5.69 Å². The maximum Gasteiger partial charge on any atom is 0.251 e. The lowest BCUT2D eigenvalue weighted by Gasteiger charge is -2.26. The van der Waals surface area contributed by atoms with Crippen molar-refractivity contribution in [3.63, 3.8) is 0 Å². The van der Waals surface area contributed by atoms with Gasteiger partial charge >= 0.3 is 0 Å². The summed E-state index contributed by atoms with van der Waals surface area (Å²) < 4.78 is 32.6. The first-order valence-electron chi connectivity index (χ1n) is 10.1. The third-order valence-electron chi connectivity index (χ3n) is 5.19. The van der Waals surface area contributed by atoms with Gasteiger partial charge in [0.15, 0.2) is 0 Å². The Bertz CT molecular complexity index is 958. The van der Waals surface area contributed by atoms with E-state index in [0.717, 1.165) is 18.7 Å². The molecule has 0 atom stereocenters. The molecule has 2 aromatic rings. The van der Waals surface area contributed by atoms with Crippen molar-refractivity contribution in [3.8, 4) is 0 Å². The molecular formula is C22H29N3O4S. The van der Waals surface area contributed by atoms with E-state index in [1.807, 2.05) is 37.4 Å². The Hall–Kier alpha value is -2.42. The zero-order valence-corrected chi connectivity index (χ0v) is 18.3. The standard InChI is InChI=1S/C22H29N3O4S/c1-18-9-10-19(17-21(18)30(27,28)25-13-15-29-16-14-25)22(26)23-11-6-12-24(2)20-7-4-3-5-8-20/h3-5,7-10,17H,6,11-16H2,1-2H3,(H,23,26). The molecule has 0 radical (unpaired) electrons. The highest BCUT2D eigenvalue weighted by Crippen LogP contribution is 2.22. The molecule has 3 rings (SSSR count). The topological polar surface area (TPSA) is 79.0 Å². The molecule has 0 bridgehead atoms. The number of nitrogens with one attached hydrogen (secondary N) is 1. The SMILES string of the molecule is Cc1ccc(C(=O)NCCCN(C)c2ccccc2)cc1S(=O)(=O)N1CCOCC1. The van der Waals surface area contributed by atoms with Gasteiger partial charge in [-0.1, -0.05) is 24.3 Å². The lowest BCUT2D eigenvalue weighted by atomic mass is 10.1. The molecular weight excluding hydrogens is 402 g/mol. The fourth-order valence-electron chi connectivity index (χ4n) is 3.38. The molecule has 1 saturated heterocycles. The van der Waals surface area contributed by atoms with Gasteiger partial charge in [0.05, 0.1) is 18.1 Å². The van der Waals surface area contributed by atoms with Gasteiger partial charge in [-0.05, 0) is 43.2 Å². The monoisotopic (exact) mass is 431 g/mol. The highest BCUT2D eigenvalue weighted by atomic mass is 32.2. The minimum Gasteiger partial charge on any atom is -0.379 e. The van der Waals surface area contributed by atoms with E-state index in [1.165, 1.54) is 10.4 Å². The number of para-hydroxylation sites is 1. The van der Waals surface area contributed by atoms with Gasteiger partial charge in [0, 0.05) is 44.5 Å². The summed E-state index contributed by atoms with van der Waals surface area (Å²) in [4.78, 5) is 14.9. The van der Waals surface area contributed by atoms with Crippen LogP contribution in [0.25, 0.3) is 0 Å². The number of hydrogen-bond acceptors (Lipinski definition) is 5. The Morgan fingerprint density at radius 3 is 2.53 bits per heavy atom. The van der Waals surface area contributed by atoms with Gasteiger partial charge < -0.3 is 15.0 Å². The Morgan fingerprint density at radius 1 is 1.13 bits per heavy atom. The number of ether oxygens (including phenoxy) is 1. The maximum atomic E-state index is 13.0. The maximum absolute atomic E-state index is 13.0. The van der Waals surface area contributed by atoms with E-state index in [-0.39, 0.29) is 10.8 Å². The quantitative estimate of drug-likeness (QED) is 0.649. The van der Waals surface area contributed by atoms with Gasteiger partial charge in [0.25, 0.3) is 5.91 Å². The molecule has 0 aromatic heterocycles. The van der Waals surface area contributed by atoms with Crippen LogP contribution in [0.3, 0.4) is 0 Å². The number of anilines is 1. The van der Waals surface area contributed by atoms with Crippen LogP contribution < -0.4 is 10.2 Å². The van der Waals surface area contributed by atoms with Crippen molar-refractivity contribution in [1.82, 2.24) is 9.62 Å². The van der Waals surface area contributed by atoms with E-state index in [4.69, 9.17) is 4.74 Å². The fraction of sp³-hybridized carbons (Fsp3) is 0.409. The van der Waals surface area contributed by atoms with Gasteiger partial charge in [-0.15, -0.1) is 0 Å². The number of sulfonamides is 1. The Morgan fingerprint density at radius 2 is 1.83 bits per heavy atom. The van der Waals surface area contributed by atoms with Crippen molar-refractivity contribution in [1.29, 1.82) is 0 Å².